The van der Waals surface area contributed by atoms with Gasteiger partial charge in [-0.15, -0.1) is 0 Å². The van der Waals surface area contributed by atoms with Crippen LogP contribution in [0.25, 0.3) is 11.0 Å². The number of hydrogen-bond acceptors (Lipinski definition) is 5. The number of hydrogen-bond donors (Lipinski definition) is 1. The molecule has 2 N–H and O–H groups in total. The van der Waals surface area contributed by atoms with Crippen LogP contribution in [0, 0.1) is 20.8 Å². The van der Waals surface area contributed by atoms with Gasteiger partial charge in [-0.3, -0.25) is 4.98 Å². The molecule has 0 aliphatic heterocycles. The average Bonchev–Trinajstić information content (AvgIpc) is 2.83. The molecular formula is C14H15BrN6. The molecule has 0 atom stereocenters. The lowest BCUT2D eigenvalue weighted by molar-refractivity contribution is 0.684. The van der Waals surface area contributed by atoms with Crippen LogP contribution in [0.15, 0.2) is 17.0 Å². The lowest BCUT2D eigenvalue weighted by Gasteiger charge is -2.10. The van der Waals surface area contributed by atoms with Crippen LogP contribution >= 0.6 is 15.9 Å². The van der Waals surface area contributed by atoms with Gasteiger partial charge in [0, 0.05) is 6.20 Å². The van der Waals surface area contributed by atoms with Crippen molar-refractivity contribution in [2.45, 2.75) is 27.3 Å². The minimum Gasteiger partial charge on any atom is -0.368 e. The van der Waals surface area contributed by atoms with Crippen LogP contribution in [0.4, 0.5) is 5.95 Å². The fourth-order valence-electron chi connectivity index (χ4n) is 2.23. The van der Waals surface area contributed by atoms with Crippen molar-refractivity contribution in [1.82, 2.24) is 24.7 Å². The summed E-state index contributed by atoms with van der Waals surface area (Å²) < 4.78 is 2.45. The average molecular weight is 347 g/mol. The number of nitrogens with two attached hydrogens (primary N) is 1. The van der Waals surface area contributed by atoms with Gasteiger partial charge >= 0.3 is 0 Å². The summed E-state index contributed by atoms with van der Waals surface area (Å²) in [6.07, 6.45) is 3.62. The zero-order valence-corrected chi connectivity index (χ0v) is 13.6. The topological polar surface area (TPSA) is 82.5 Å². The Balaban J connectivity index is 2.09. The van der Waals surface area contributed by atoms with E-state index in [-0.39, 0.29) is 5.95 Å². The van der Waals surface area contributed by atoms with E-state index in [2.05, 4.69) is 56.8 Å². The monoisotopic (exact) mass is 346 g/mol. The Labute approximate surface area is 130 Å². The SMILES string of the molecule is Cc1cnc(Cn2ncc3c(Br)nc(N)nc32)c(C)c1C. The Bertz CT molecular complexity index is 839. The first-order valence-electron chi connectivity index (χ1n) is 6.53. The molecule has 0 spiro atoms. The van der Waals surface area contributed by atoms with Crippen molar-refractivity contribution in [2.24, 2.45) is 0 Å². The van der Waals surface area contributed by atoms with E-state index in [1.165, 1.54) is 16.7 Å². The van der Waals surface area contributed by atoms with Crippen molar-refractivity contribution in [2.75, 3.05) is 5.73 Å². The van der Waals surface area contributed by atoms with Gasteiger partial charge in [0.05, 0.1) is 23.8 Å². The number of nitrogens with zero attached hydrogens (tertiary/aromatic N) is 5. The number of anilines is 1. The summed E-state index contributed by atoms with van der Waals surface area (Å²) in [6.45, 7) is 6.80. The quantitative estimate of drug-likeness (QED) is 0.721. The highest BCUT2D eigenvalue weighted by molar-refractivity contribution is 9.10. The largest absolute Gasteiger partial charge is 0.368 e. The number of aryl methyl sites for hydroxylation is 1. The van der Waals surface area contributed by atoms with E-state index < -0.39 is 0 Å². The Morgan fingerprint density at radius 2 is 1.90 bits per heavy atom. The summed E-state index contributed by atoms with van der Waals surface area (Å²) in [4.78, 5) is 12.9. The predicted molar refractivity (Wildman–Crippen MR) is 85.0 cm³/mol. The van der Waals surface area contributed by atoms with Crippen molar-refractivity contribution in [3.63, 3.8) is 0 Å². The van der Waals surface area contributed by atoms with Crippen molar-refractivity contribution in [3.8, 4) is 0 Å². The molecule has 6 nitrogen and oxygen atoms in total. The summed E-state index contributed by atoms with van der Waals surface area (Å²) in [5, 5.41) is 5.21. The van der Waals surface area contributed by atoms with Crippen LogP contribution < -0.4 is 5.73 Å². The molecule has 0 amide bonds. The van der Waals surface area contributed by atoms with Crippen molar-refractivity contribution in [3.05, 3.63) is 39.4 Å². The first-order chi connectivity index (χ1) is 9.97. The lowest BCUT2D eigenvalue weighted by atomic mass is 10.1. The first-order valence-corrected chi connectivity index (χ1v) is 7.33. The van der Waals surface area contributed by atoms with Gasteiger partial charge in [-0.1, -0.05) is 0 Å². The summed E-state index contributed by atoms with van der Waals surface area (Å²) in [6, 6.07) is 0. The van der Waals surface area contributed by atoms with Crippen molar-refractivity contribution < 1.29 is 0 Å². The highest BCUT2D eigenvalue weighted by Crippen LogP contribution is 2.22. The summed E-state index contributed by atoms with van der Waals surface area (Å²) in [7, 11) is 0. The molecule has 0 aromatic carbocycles. The van der Waals surface area contributed by atoms with E-state index in [0.29, 0.717) is 16.8 Å². The molecule has 0 bridgehead atoms. The Morgan fingerprint density at radius 1 is 1.14 bits per heavy atom. The maximum Gasteiger partial charge on any atom is 0.223 e. The van der Waals surface area contributed by atoms with Crippen LogP contribution in [0.2, 0.25) is 0 Å². The van der Waals surface area contributed by atoms with Crippen LogP contribution in [0.5, 0.6) is 0 Å². The standard InChI is InChI=1S/C14H15BrN6/c1-7-4-17-11(9(3)8(7)2)6-21-13-10(5-18-21)12(15)19-14(16)20-13/h4-5H,6H2,1-3H3,(H2,16,19,20). The van der Waals surface area contributed by atoms with E-state index >= 15 is 0 Å². The van der Waals surface area contributed by atoms with Crippen LogP contribution in [0.1, 0.15) is 22.4 Å². The van der Waals surface area contributed by atoms with E-state index in [9.17, 15) is 0 Å². The van der Waals surface area contributed by atoms with Crippen LogP contribution in [-0.4, -0.2) is 24.7 Å². The van der Waals surface area contributed by atoms with Gasteiger partial charge < -0.3 is 5.73 Å². The molecule has 3 aromatic rings. The second-order valence-electron chi connectivity index (χ2n) is 5.05. The number of aromatic nitrogens is 5. The molecule has 108 valence electrons. The second-order valence-corrected chi connectivity index (χ2v) is 5.80. The number of fused-ring (bicyclic) bond motifs is 1. The second kappa shape index (κ2) is 5.07. The van der Waals surface area contributed by atoms with Gasteiger partial charge in [0.2, 0.25) is 5.95 Å². The molecule has 0 unspecified atom stereocenters. The van der Waals surface area contributed by atoms with Gasteiger partial charge in [0.15, 0.2) is 5.65 Å². The molecule has 3 rings (SSSR count). The van der Waals surface area contributed by atoms with E-state index in [0.717, 1.165) is 11.1 Å². The van der Waals surface area contributed by atoms with Gasteiger partial charge in [-0.25, -0.2) is 9.67 Å². The Morgan fingerprint density at radius 3 is 2.67 bits per heavy atom. The number of pyridine rings is 1. The van der Waals surface area contributed by atoms with Crippen LogP contribution in [0.3, 0.4) is 0 Å². The molecule has 0 fully saturated rings. The zero-order chi connectivity index (χ0) is 15.1. The van der Waals surface area contributed by atoms with E-state index in [1.807, 2.05) is 6.20 Å². The highest BCUT2D eigenvalue weighted by Gasteiger charge is 2.12. The Hall–Kier alpha value is -2.02. The van der Waals surface area contributed by atoms with Gasteiger partial charge in [-0.05, 0) is 53.4 Å². The third-order valence-electron chi connectivity index (χ3n) is 3.77. The molecule has 0 radical (unpaired) electrons. The molecule has 7 heteroatoms. The fourth-order valence-corrected chi connectivity index (χ4v) is 2.70. The smallest absolute Gasteiger partial charge is 0.223 e. The van der Waals surface area contributed by atoms with E-state index in [1.54, 1.807) is 10.9 Å². The molecule has 0 saturated heterocycles. The van der Waals surface area contributed by atoms with Gasteiger partial charge in [0.25, 0.3) is 0 Å². The maximum atomic E-state index is 5.71. The first kappa shape index (κ1) is 13.9. The summed E-state index contributed by atoms with van der Waals surface area (Å²) >= 11 is 3.38. The van der Waals surface area contributed by atoms with Gasteiger partial charge in [0.1, 0.15) is 4.60 Å². The van der Waals surface area contributed by atoms with E-state index in [4.69, 9.17) is 5.73 Å². The Kier molecular flexibility index (Phi) is 3.36. The molecular weight excluding hydrogens is 332 g/mol. The zero-order valence-electron chi connectivity index (χ0n) is 12.1. The predicted octanol–water partition coefficient (Wildman–Crippen LogP) is 2.54. The highest BCUT2D eigenvalue weighted by atomic mass is 79.9. The number of halogens is 1. The molecule has 21 heavy (non-hydrogen) atoms. The maximum absolute atomic E-state index is 5.71. The molecule has 3 heterocycles. The van der Waals surface area contributed by atoms with Crippen molar-refractivity contribution in [1.29, 1.82) is 0 Å². The third kappa shape index (κ3) is 2.37. The molecule has 0 aliphatic rings. The minimum atomic E-state index is 0.223. The summed E-state index contributed by atoms with van der Waals surface area (Å²) in [5.74, 6) is 0.223. The molecule has 3 aromatic heterocycles. The fraction of sp³-hybridized carbons (Fsp3) is 0.286. The minimum absolute atomic E-state index is 0.223. The summed E-state index contributed by atoms with van der Waals surface area (Å²) in [5.41, 5.74) is 11.0. The van der Waals surface area contributed by atoms with Gasteiger partial charge in [-0.2, -0.15) is 10.1 Å². The third-order valence-corrected chi connectivity index (χ3v) is 4.37. The number of nitrogen functional groups attached to an aromatic ring is 1. The van der Waals surface area contributed by atoms with Crippen molar-refractivity contribution >= 4 is 32.9 Å². The normalized spacial score (nSPS) is 11.2. The number of rotatable bonds is 2. The molecule has 0 saturated carbocycles. The lowest BCUT2D eigenvalue weighted by Crippen LogP contribution is -2.08. The van der Waals surface area contributed by atoms with Crippen LogP contribution in [-0.2, 0) is 6.54 Å². The molecule has 0 aliphatic carbocycles.